The van der Waals surface area contributed by atoms with Crippen LogP contribution in [-0.4, -0.2) is 13.4 Å². The van der Waals surface area contributed by atoms with Crippen LogP contribution in [0.1, 0.15) is 0 Å². The SMILES string of the molecule is Br.Br.[Ni]=[N][C]12[CH]3[CH]4[CH]5[N]1[Fe]45321678[CH]2[CH]1[CH]6[CH]7[CH]28. The van der Waals surface area contributed by atoms with Gasteiger partial charge in [-0.05, 0) is 0 Å². The van der Waals surface area contributed by atoms with Gasteiger partial charge in [0, 0.05) is 0 Å². The minimum atomic E-state index is -2.93. The van der Waals surface area contributed by atoms with Gasteiger partial charge in [0.1, 0.15) is 0 Å². The number of nitrogens with zero attached hydrogens (tertiary/aromatic N) is 2. The zero-order chi connectivity index (χ0) is 7.72. The predicted molar refractivity (Wildman–Crippen MR) is 57.7 cm³/mol. The molecule has 0 saturated carbocycles. The Bertz CT molecular complexity index is 815. The second kappa shape index (κ2) is 0.524. The van der Waals surface area contributed by atoms with Crippen LogP contribution < -0.4 is 0 Å². The zero-order valence-electron chi connectivity index (χ0n) is 7.50. The summed E-state index contributed by atoms with van der Waals surface area (Å²) >= 11 is 4.91. The van der Waals surface area contributed by atoms with Crippen LogP contribution in [-0.2, 0) is 22.0 Å². The van der Waals surface area contributed by atoms with E-state index in [2.05, 4.69) is 7.94 Å². The molecule has 2 nitrogen and oxygen atoms in total. The first-order chi connectivity index (χ1) is 6.11. The molecule has 5 atom stereocenters. The third-order valence-corrected chi connectivity index (χ3v) is 53.6. The van der Waals surface area contributed by atoms with E-state index < -0.39 is 6.73 Å². The molecule has 0 aromatic rings. The molecule has 0 aromatic carbocycles. The van der Waals surface area contributed by atoms with Crippen molar-refractivity contribution in [3.63, 3.8) is 0 Å². The average molecular weight is 421 g/mol. The topological polar surface area (TPSA) is 15.4 Å². The van der Waals surface area contributed by atoms with E-state index in [0.29, 0.717) is 4.56 Å². The number of hydrogen-bond acceptors (Lipinski definition) is 2. The van der Waals surface area contributed by atoms with Crippen molar-refractivity contribution in [2.24, 2.45) is 4.03 Å². The maximum absolute atomic E-state index is 4.91. The van der Waals surface area contributed by atoms with E-state index in [9.17, 15) is 0 Å². The number of halogens is 2. The van der Waals surface area contributed by atoms with Gasteiger partial charge in [-0.1, -0.05) is 0 Å². The number of fused-ring (bicyclic) bond motifs is 10. The van der Waals surface area contributed by atoms with Gasteiger partial charge in [-0.3, -0.25) is 0 Å². The van der Waals surface area contributed by atoms with Crippen LogP contribution in [0.15, 0.2) is 4.03 Å². The summed E-state index contributed by atoms with van der Waals surface area (Å²) < 4.78 is 8.26. The van der Waals surface area contributed by atoms with Gasteiger partial charge in [0.2, 0.25) is 0 Å². The van der Waals surface area contributed by atoms with Gasteiger partial charge in [0.25, 0.3) is 0 Å². The average Bonchev–Trinajstić information content (AvgIpc) is 3.12. The summed E-state index contributed by atoms with van der Waals surface area (Å²) in [5.74, 6) is 0. The van der Waals surface area contributed by atoms with Crippen LogP contribution in [0.4, 0.5) is 0 Å². The fraction of sp³-hybridized carbons (Fsp3) is 1.00. The zero-order valence-corrected chi connectivity index (χ0v) is 13.0. The Hall–Kier alpha value is 1.73. The summed E-state index contributed by atoms with van der Waals surface area (Å²) in [7, 11) is 0. The fourth-order valence-corrected chi connectivity index (χ4v) is 83.6. The van der Waals surface area contributed by atoms with Crippen LogP contribution in [0.2, 0.25) is 33.7 Å². The quantitative estimate of drug-likeness (QED) is 0.470. The van der Waals surface area contributed by atoms with Gasteiger partial charge >= 0.3 is 73.2 Å². The molecule has 10 fully saturated rings. The Labute approximate surface area is 106 Å². The molecule has 15 heavy (non-hydrogen) atoms. The van der Waals surface area contributed by atoms with E-state index in [0.717, 1.165) is 0 Å². The molecule has 0 aliphatic carbocycles. The Balaban J connectivity index is 0.000000269. The first-order valence-electron chi connectivity index (χ1n) is 5.44. The maximum atomic E-state index is 4.91. The van der Waals surface area contributed by atoms with Gasteiger partial charge in [-0.2, -0.15) is 0 Å². The normalized spacial score (nSPS) is 132. The van der Waals surface area contributed by atoms with E-state index in [1.165, 1.54) is 38.7 Å². The summed E-state index contributed by atoms with van der Waals surface area (Å²) in [6.45, 7) is -2.93. The van der Waals surface area contributed by atoms with Crippen LogP contribution in [0, 0.1) is 0 Å². The van der Waals surface area contributed by atoms with Gasteiger partial charge in [-0.15, -0.1) is 34.0 Å². The molecule has 0 N–H and O–H groups in total. The van der Waals surface area contributed by atoms with E-state index in [4.69, 9.17) is 15.3 Å². The molecule has 0 radical (unpaired) electrons. The summed E-state index contributed by atoms with van der Waals surface area (Å²) in [5.41, 5.74) is 0. The van der Waals surface area contributed by atoms with Crippen molar-refractivity contribution in [1.29, 1.82) is 0 Å². The Morgan fingerprint density at radius 3 is 1.60 bits per heavy atom. The van der Waals surface area contributed by atoms with Crippen molar-refractivity contribution < 1.29 is 22.0 Å². The molecule has 0 bridgehead atoms. The Kier molecular flexibility index (Phi) is 0.257. The summed E-state index contributed by atoms with van der Waals surface area (Å²) in [6.07, 6.45) is 0. The molecule has 10 rings (SSSR count). The van der Waals surface area contributed by atoms with Gasteiger partial charge in [0.05, 0.1) is 0 Å². The van der Waals surface area contributed by atoms with Gasteiger partial charge < -0.3 is 0 Å². The molecule has 10 saturated heterocycles. The number of hydrogen-bond donors (Lipinski definition) is 0. The third-order valence-electron chi connectivity index (χ3n) is 13.7. The summed E-state index contributed by atoms with van der Waals surface area (Å²) in [5, 5.41) is 0. The molecule has 0 amide bonds. The standard InChI is InChI=1S/C5H5.C4H3N2.2BrH.Fe.Ni/c1-2-4-5-3-1;5-4-2-1-3-6-4;;;;/h1-5H;1-3H;2*1H;;/q;-1;;;+1;. The van der Waals surface area contributed by atoms with Crippen LogP contribution >= 0.6 is 34.0 Å². The first-order valence-corrected chi connectivity index (χ1v) is 12.0. The molecule has 10 aliphatic heterocycles. The van der Waals surface area contributed by atoms with Crippen LogP contribution in [0.5, 0.6) is 0 Å². The van der Waals surface area contributed by atoms with Crippen molar-refractivity contribution in [3.05, 3.63) is 0 Å². The van der Waals surface area contributed by atoms with E-state index >= 15 is 0 Å². The molecule has 10 aliphatic rings. The third kappa shape index (κ3) is 0.0626. The minimum absolute atomic E-state index is 0. The van der Waals surface area contributed by atoms with E-state index in [-0.39, 0.29) is 34.0 Å². The molecular formula is C9H10Br2FeN2Ni. The molecule has 1 spiro atoms. The second-order valence-corrected chi connectivity index (χ2v) is 31.9. The Morgan fingerprint density at radius 1 is 1.00 bits per heavy atom. The van der Waals surface area contributed by atoms with Crippen molar-refractivity contribution in [2.75, 3.05) is 0 Å². The van der Waals surface area contributed by atoms with Crippen molar-refractivity contribution in [3.8, 4) is 0 Å². The first kappa shape index (κ1) is 7.35. The molecular weight excluding hydrogens is 410 g/mol. The van der Waals surface area contributed by atoms with Crippen molar-refractivity contribution in [1.82, 2.24) is 3.92 Å². The molecule has 0 aromatic heterocycles. The van der Waals surface area contributed by atoms with Crippen molar-refractivity contribution >= 4 is 34.0 Å². The van der Waals surface area contributed by atoms with Crippen molar-refractivity contribution in [2.45, 2.75) is 43.2 Å². The predicted octanol–water partition coefficient (Wildman–Crippen LogP) is 3.09. The molecule has 88 valence electrons. The Morgan fingerprint density at radius 2 is 1.53 bits per heavy atom. The second-order valence-electron chi connectivity index (χ2n) is 9.23. The number of rotatable bonds is 1. The van der Waals surface area contributed by atoms with Crippen LogP contribution in [0.3, 0.4) is 0 Å². The fourth-order valence-electron chi connectivity index (χ4n) is 14.9. The molecule has 10 heterocycles. The molecule has 6 heteroatoms. The van der Waals surface area contributed by atoms with Gasteiger partial charge in [0.15, 0.2) is 0 Å². The van der Waals surface area contributed by atoms with Gasteiger partial charge in [-0.25, -0.2) is 0 Å². The van der Waals surface area contributed by atoms with E-state index in [1.54, 1.807) is 0 Å². The van der Waals surface area contributed by atoms with Crippen LogP contribution in [0.25, 0.3) is 0 Å². The molecule has 5 unspecified atom stereocenters. The summed E-state index contributed by atoms with van der Waals surface area (Å²) in [6, 6.07) is 0. The monoisotopic (exact) mass is 418 g/mol. The van der Waals surface area contributed by atoms with E-state index in [1.807, 2.05) is 0 Å². The summed E-state index contributed by atoms with van der Waals surface area (Å²) in [4.78, 5) is 10.5.